The van der Waals surface area contributed by atoms with Gasteiger partial charge in [0.05, 0.1) is 19.1 Å². The third-order valence-corrected chi connectivity index (χ3v) is 2.84. The number of nitroso groups, excluding NO2 is 1. The van der Waals surface area contributed by atoms with Gasteiger partial charge in [-0.15, -0.1) is 0 Å². The van der Waals surface area contributed by atoms with E-state index in [0.29, 0.717) is 0 Å². The Bertz CT molecular complexity index is 236. The molecule has 80 valence electrons. The SMILES string of the molecule is C=COC1CC(C)(C)[N+](=O)C(C)(C)C1. The summed E-state index contributed by atoms with van der Waals surface area (Å²) >= 11 is 0. The Kier molecular flexibility index (Phi) is 2.70. The van der Waals surface area contributed by atoms with E-state index in [0.717, 1.165) is 12.8 Å². The molecule has 0 atom stereocenters. The number of hydrogen-bond acceptors (Lipinski definition) is 2. The number of nitrogens with zero attached hydrogens (tertiary/aromatic N) is 1. The van der Waals surface area contributed by atoms with E-state index in [1.807, 2.05) is 27.7 Å². The lowest BCUT2D eigenvalue weighted by atomic mass is 9.80. The second kappa shape index (κ2) is 3.37. The summed E-state index contributed by atoms with van der Waals surface area (Å²) in [6.45, 7) is 11.4. The molecule has 0 aromatic rings. The van der Waals surface area contributed by atoms with Crippen molar-refractivity contribution in [2.24, 2.45) is 0 Å². The fourth-order valence-corrected chi connectivity index (χ4v) is 2.40. The van der Waals surface area contributed by atoms with Crippen molar-refractivity contribution >= 4 is 0 Å². The minimum atomic E-state index is -0.352. The van der Waals surface area contributed by atoms with Crippen LogP contribution in [0.2, 0.25) is 0 Å². The van der Waals surface area contributed by atoms with Crippen LogP contribution in [0.1, 0.15) is 40.5 Å². The van der Waals surface area contributed by atoms with Crippen LogP contribution in [-0.4, -0.2) is 21.9 Å². The molecule has 14 heavy (non-hydrogen) atoms. The van der Waals surface area contributed by atoms with Crippen LogP contribution in [0, 0.1) is 4.91 Å². The zero-order chi connectivity index (χ0) is 11.0. The van der Waals surface area contributed by atoms with Gasteiger partial charge in [0, 0.05) is 37.4 Å². The molecule has 0 N–H and O–H groups in total. The van der Waals surface area contributed by atoms with Crippen LogP contribution in [0.4, 0.5) is 0 Å². The molecule has 0 aromatic heterocycles. The number of ether oxygens (including phenoxy) is 1. The highest BCUT2D eigenvalue weighted by molar-refractivity contribution is 4.87. The van der Waals surface area contributed by atoms with Crippen LogP contribution in [-0.2, 0) is 4.74 Å². The van der Waals surface area contributed by atoms with Crippen LogP contribution < -0.4 is 0 Å². The molecule has 3 nitrogen and oxygen atoms in total. The highest BCUT2D eigenvalue weighted by Gasteiger charge is 2.54. The quantitative estimate of drug-likeness (QED) is 0.504. The highest BCUT2D eigenvalue weighted by Crippen LogP contribution is 2.35. The van der Waals surface area contributed by atoms with Gasteiger partial charge in [-0.1, -0.05) is 6.58 Å². The van der Waals surface area contributed by atoms with E-state index in [-0.39, 0.29) is 17.2 Å². The van der Waals surface area contributed by atoms with Gasteiger partial charge in [0.2, 0.25) is 11.1 Å². The van der Waals surface area contributed by atoms with Crippen molar-refractivity contribution < 1.29 is 9.50 Å². The Morgan fingerprint density at radius 1 is 1.29 bits per heavy atom. The molecule has 0 unspecified atom stereocenters. The molecule has 1 fully saturated rings. The molecule has 0 radical (unpaired) electrons. The summed E-state index contributed by atoms with van der Waals surface area (Å²) < 4.78 is 6.60. The third-order valence-electron chi connectivity index (χ3n) is 2.84. The van der Waals surface area contributed by atoms with Crippen LogP contribution in [0.5, 0.6) is 0 Å². The van der Waals surface area contributed by atoms with Gasteiger partial charge in [-0.2, -0.15) is 0 Å². The van der Waals surface area contributed by atoms with Crippen molar-refractivity contribution in [1.29, 1.82) is 0 Å². The van der Waals surface area contributed by atoms with Crippen LogP contribution in [0.15, 0.2) is 12.8 Å². The predicted octanol–water partition coefficient (Wildman–Crippen LogP) is 2.65. The molecule has 0 spiro atoms. The van der Waals surface area contributed by atoms with Gasteiger partial charge in [0.25, 0.3) is 0 Å². The lowest BCUT2D eigenvalue weighted by molar-refractivity contribution is -0.695. The summed E-state index contributed by atoms with van der Waals surface area (Å²) in [6, 6.07) is 0. The fourth-order valence-electron chi connectivity index (χ4n) is 2.40. The Morgan fingerprint density at radius 3 is 2.07 bits per heavy atom. The number of hydrogen-bond donors (Lipinski definition) is 0. The molecule has 1 aliphatic heterocycles. The predicted molar refractivity (Wildman–Crippen MR) is 56.1 cm³/mol. The van der Waals surface area contributed by atoms with E-state index in [2.05, 4.69) is 6.58 Å². The van der Waals surface area contributed by atoms with E-state index in [9.17, 15) is 4.91 Å². The molecular weight excluding hydrogens is 178 g/mol. The normalized spacial score (nSPS) is 25.9. The van der Waals surface area contributed by atoms with Crippen LogP contribution >= 0.6 is 0 Å². The third kappa shape index (κ3) is 1.97. The van der Waals surface area contributed by atoms with Crippen molar-refractivity contribution in [1.82, 2.24) is 0 Å². The van der Waals surface area contributed by atoms with Gasteiger partial charge >= 0.3 is 0 Å². The first-order chi connectivity index (χ1) is 6.29. The minimum Gasteiger partial charge on any atom is -0.498 e. The average molecular weight is 198 g/mol. The van der Waals surface area contributed by atoms with Crippen molar-refractivity contribution in [3.05, 3.63) is 17.7 Å². The second-order valence-electron chi connectivity index (χ2n) is 5.25. The van der Waals surface area contributed by atoms with Gasteiger partial charge in [-0.25, -0.2) is 0 Å². The second-order valence-corrected chi connectivity index (χ2v) is 5.25. The Balaban J connectivity index is 2.85. The van der Waals surface area contributed by atoms with Gasteiger partial charge in [0.15, 0.2) is 0 Å². The molecule has 1 rings (SSSR count). The maximum Gasteiger partial charge on any atom is 0.209 e. The van der Waals surface area contributed by atoms with Crippen molar-refractivity contribution in [3.63, 3.8) is 0 Å². The summed E-state index contributed by atoms with van der Waals surface area (Å²) in [5.41, 5.74) is -0.704. The first-order valence-corrected chi connectivity index (χ1v) is 5.03. The Hall–Kier alpha value is -0.860. The van der Waals surface area contributed by atoms with E-state index in [1.165, 1.54) is 11.0 Å². The molecule has 0 amide bonds. The summed E-state index contributed by atoms with van der Waals surface area (Å²) in [6.07, 6.45) is 3.09. The van der Waals surface area contributed by atoms with Crippen LogP contribution in [0.25, 0.3) is 0 Å². The first kappa shape index (κ1) is 11.2. The van der Waals surface area contributed by atoms with E-state index in [1.54, 1.807) is 0 Å². The molecule has 3 heteroatoms. The lowest BCUT2D eigenvalue weighted by Gasteiger charge is -2.35. The molecular formula is C11H20NO2+. The Labute approximate surface area is 85.7 Å². The average Bonchev–Trinajstić information content (AvgIpc) is 1.99. The van der Waals surface area contributed by atoms with Gasteiger partial charge in [-0.3, -0.25) is 0 Å². The minimum absolute atomic E-state index is 0.114. The first-order valence-electron chi connectivity index (χ1n) is 5.03. The van der Waals surface area contributed by atoms with E-state index < -0.39 is 0 Å². The molecule has 1 aliphatic rings. The van der Waals surface area contributed by atoms with Crippen molar-refractivity contribution in [2.75, 3.05) is 0 Å². The fraction of sp³-hybridized carbons (Fsp3) is 0.818. The van der Waals surface area contributed by atoms with E-state index in [4.69, 9.17) is 4.74 Å². The molecule has 0 aromatic carbocycles. The summed E-state index contributed by atoms with van der Waals surface area (Å²) in [5.74, 6) is 0. The molecule has 0 aliphatic carbocycles. The van der Waals surface area contributed by atoms with Crippen molar-refractivity contribution in [2.45, 2.75) is 57.7 Å². The number of rotatable bonds is 2. The Morgan fingerprint density at radius 2 is 1.71 bits per heavy atom. The monoisotopic (exact) mass is 198 g/mol. The summed E-state index contributed by atoms with van der Waals surface area (Å²) in [7, 11) is 0. The maximum absolute atomic E-state index is 12.0. The standard InChI is InChI=1S/C11H20NO2/c1-6-14-9-7-10(2,3)12(13)11(4,5)8-9/h6,9H,1,7-8H2,2-5H3/q+1. The zero-order valence-corrected chi connectivity index (χ0v) is 9.54. The lowest BCUT2D eigenvalue weighted by Crippen LogP contribution is -2.55. The van der Waals surface area contributed by atoms with Gasteiger partial charge in [0.1, 0.15) is 6.10 Å². The van der Waals surface area contributed by atoms with Crippen molar-refractivity contribution in [3.8, 4) is 0 Å². The van der Waals surface area contributed by atoms with Gasteiger partial charge < -0.3 is 4.74 Å². The van der Waals surface area contributed by atoms with Crippen LogP contribution in [0.3, 0.4) is 0 Å². The maximum atomic E-state index is 12.0. The smallest absolute Gasteiger partial charge is 0.209 e. The molecule has 1 saturated heterocycles. The number of piperidine rings is 1. The molecule has 0 bridgehead atoms. The highest BCUT2D eigenvalue weighted by atomic mass is 16.5. The molecule has 1 heterocycles. The molecule has 0 saturated carbocycles. The van der Waals surface area contributed by atoms with Gasteiger partial charge in [-0.05, 0) is 0 Å². The summed E-state index contributed by atoms with van der Waals surface area (Å²) in [4.78, 5) is 12.0. The summed E-state index contributed by atoms with van der Waals surface area (Å²) in [5, 5.41) is 0. The topological polar surface area (TPSA) is 29.3 Å². The zero-order valence-electron chi connectivity index (χ0n) is 9.54. The largest absolute Gasteiger partial charge is 0.498 e. The van der Waals surface area contributed by atoms with E-state index >= 15 is 0 Å².